The average molecular weight is 386 g/mol. The summed E-state index contributed by atoms with van der Waals surface area (Å²) in [6.07, 6.45) is -1.64. The second-order valence-electron chi connectivity index (χ2n) is 7.69. The zero-order valence-corrected chi connectivity index (χ0v) is 15.6. The molecule has 0 bridgehead atoms. The first kappa shape index (κ1) is 19.1. The minimum Gasteiger partial charge on any atom is -0.444 e. The van der Waals surface area contributed by atoms with Crippen LogP contribution in [0.1, 0.15) is 39.2 Å². The number of nitrogens with one attached hydrogen (secondary N) is 1. The van der Waals surface area contributed by atoms with Crippen molar-refractivity contribution in [1.29, 1.82) is 0 Å². The minimum atomic E-state index is -2.93. The third-order valence-electron chi connectivity index (χ3n) is 4.42. The van der Waals surface area contributed by atoms with Gasteiger partial charge in [-0.1, -0.05) is 30.0 Å². The largest absolute Gasteiger partial charge is 0.444 e. The highest BCUT2D eigenvalue weighted by Gasteiger charge is 2.59. The lowest BCUT2D eigenvalue weighted by atomic mass is 9.81. The average Bonchev–Trinajstić information content (AvgIpc) is 2.75. The number of amides is 1. The van der Waals surface area contributed by atoms with Crippen molar-refractivity contribution in [1.82, 2.24) is 5.32 Å². The highest BCUT2D eigenvalue weighted by molar-refractivity contribution is 8.13. The lowest BCUT2D eigenvalue weighted by molar-refractivity contribution is 0.00149. The van der Waals surface area contributed by atoms with E-state index < -0.39 is 41.3 Å². The Balaban J connectivity index is 1.96. The molecule has 1 fully saturated rings. The number of fused-ring (bicyclic) bond motifs is 1. The summed E-state index contributed by atoms with van der Waals surface area (Å²) in [5.74, 6) is -3.69. The normalized spacial score (nSPS) is 27.5. The number of alkyl carbamates (subject to hydrolysis) is 1. The highest BCUT2D eigenvalue weighted by Crippen LogP contribution is 2.56. The Morgan fingerprint density at radius 1 is 1.35 bits per heavy atom. The molecule has 1 saturated carbocycles. The fraction of sp³-hybridized carbons (Fsp3) is 0.556. The molecule has 1 aliphatic heterocycles. The summed E-state index contributed by atoms with van der Waals surface area (Å²) in [5.41, 5.74) is -1.94. The first-order valence-electron chi connectivity index (χ1n) is 8.36. The van der Waals surface area contributed by atoms with Gasteiger partial charge in [-0.2, -0.15) is 0 Å². The summed E-state index contributed by atoms with van der Waals surface area (Å²) in [6.45, 7) is 5.16. The molecule has 0 spiro atoms. The van der Waals surface area contributed by atoms with Crippen LogP contribution in [0.5, 0.6) is 0 Å². The van der Waals surface area contributed by atoms with Crippen molar-refractivity contribution in [2.24, 2.45) is 10.9 Å². The number of nitrogens with zero attached hydrogens (tertiary/aromatic N) is 1. The predicted octanol–water partition coefficient (Wildman–Crippen LogP) is 4.69. The molecule has 0 radical (unpaired) electrons. The Labute approximate surface area is 154 Å². The molecule has 8 heteroatoms. The van der Waals surface area contributed by atoms with E-state index in [-0.39, 0.29) is 17.2 Å². The molecule has 4 nitrogen and oxygen atoms in total. The maximum atomic E-state index is 14.4. The fourth-order valence-corrected chi connectivity index (χ4v) is 4.64. The molecule has 1 aromatic rings. The van der Waals surface area contributed by atoms with Crippen LogP contribution in [0.25, 0.3) is 0 Å². The number of benzene rings is 1. The van der Waals surface area contributed by atoms with Crippen molar-refractivity contribution in [3.05, 3.63) is 35.6 Å². The zero-order chi connectivity index (χ0) is 19.2. The number of carbonyl (C=O) groups excluding carboxylic acids is 1. The summed E-state index contributed by atoms with van der Waals surface area (Å²) in [5, 5.41) is 2.69. The molecular weight excluding hydrogens is 365 g/mol. The second kappa shape index (κ2) is 6.48. The molecule has 0 unspecified atom stereocenters. The summed E-state index contributed by atoms with van der Waals surface area (Å²) in [7, 11) is 0. The predicted molar refractivity (Wildman–Crippen MR) is 95.0 cm³/mol. The number of halogens is 3. The number of rotatable bonds is 1. The first-order chi connectivity index (χ1) is 12.0. The lowest BCUT2D eigenvalue weighted by Gasteiger charge is -2.36. The molecular formula is C18H21F3N2O2S. The Hall–Kier alpha value is -1.70. The van der Waals surface area contributed by atoms with Crippen molar-refractivity contribution in [3.63, 3.8) is 0 Å². The Morgan fingerprint density at radius 3 is 2.69 bits per heavy atom. The molecule has 26 heavy (non-hydrogen) atoms. The standard InChI is InChI=1S/C18H21F3N2O2S/c1-16(2,3)25-15(24)22-14-23-18(12-6-4-5-7-13(12)19)10-17(20,21)8-11(18)9-26-14/h4-7,11H,8-10H2,1-3H3,(H,22,23,24)/t11-,18-/m0/s1. The van der Waals surface area contributed by atoms with Gasteiger partial charge < -0.3 is 4.74 Å². The van der Waals surface area contributed by atoms with Gasteiger partial charge in [-0.25, -0.2) is 23.0 Å². The van der Waals surface area contributed by atoms with Crippen LogP contribution >= 0.6 is 11.8 Å². The van der Waals surface area contributed by atoms with Gasteiger partial charge in [0, 0.05) is 30.1 Å². The summed E-state index contributed by atoms with van der Waals surface area (Å²) < 4.78 is 48.0. The van der Waals surface area contributed by atoms with Gasteiger partial charge in [0.15, 0.2) is 5.17 Å². The monoisotopic (exact) mass is 386 g/mol. The van der Waals surface area contributed by atoms with Gasteiger partial charge in [0.05, 0.1) is 0 Å². The lowest BCUT2D eigenvalue weighted by Crippen LogP contribution is -2.42. The highest BCUT2D eigenvalue weighted by atomic mass is 32.2. The zero-order valence-electron chi connectivity index (χ0n) is 14.8. The number of ether oxygens (including phenoxy) is 1. The smallest absolute Gasteiger partial charge is 0.413 e. The van der Waals surface area contributed by atoms with E-state index in [4.69, 9.17) is 4.74 Å². The van der Waals surface area contributed by atoms with Crippen LogP contribution in [0.3, 0.4) is 0 Å². The Bertz CT molecular complexity index is 748. The van der Waals surface area contributed by atoms with E-state index in [1.165, 1.54) is 30.0 Å². The summed E-state index contributed by atoms with van der Waals surface area (Å²) in [6, 6.07) is 5.86. The third-order valence-corrected chi connectivity index (χ3v) is 5.45. The van der Waals surface area contributed by atoms with E-state index in [2.05, 4.69) is 10.3 Å². The molecule has 1 amide bonds. The number of thioether (sulfide) groups is 1. The molecule has 142 valence electrons. The Kier molecular flexibility index (Phi) is 4.75. The van der Waals surface area contributed by atoms with Crippen molar-refractivity contribution in [2.45, 2.75) is 50.7 Å². The van der Waals surface area contributed by atoms with E-state index in [0.717, 1.165) is 0 Å². The quantitative estimate of drug-likeness (QED) is 0.762. The molecule has 2 aliphatic rings. The maximum absolute atomic E-state index is 14.4. The van der Waals surface area contributed by atoms with E-state index in [9.17, 15) is 18.0 Å². The van der Waals surface area contributed by atoms with Gasteiger partial charge in [-0.05, 0) is 26.8 Å². The number of amidine groups is 1. The number of hydrogen-bond donors (Lipinski definition) is 1. The molecule has 0 aromatic heterocycles. The van der Waals surface area contributed by atoms with Gasteiger partial charge >= 0.3 is 6.09 Å². The summed E-state index contributed by atoms with van der Waals surface area (Å²) >= 11 is 1.18. The van der Waals surface area contributed by atoms with Gasteiger partial charge in [-0.3, -0.25) is 5.32 Å². The number of aliphatic imine (C=N–C) groups is 1. The van der Waals surface area contributed by atoms with Crippen LogP contribution in [0.2, 0.25) is 0 Å². The molecule has 1 N–H and O–H groups in total. The van der Waals surface area contributed by atoms with Crippen molar-refractivity contribution in [3.8, 4) is 0 Å². The number of carbonyl (C=O) groups is 1. The van der Waals surface area contributed by atoms with Crippen LogP contribution in [0.4, 0.5) is 18.0 Å². The van der Waals surface area contributed by atoms with E-state index in [1.54, 1.807) is 26.8 Å². The SMILES string of the molecule is CC(C)(C)OC(=O)NC1=N[C@@]2(c3ccccc3F)CC(F)(F)C[C@H]2CS1. The van der Waals surface area contributed by atoms with Gasteiger partial charge in [0.2, 0.25) is 0 Å². The van der Waals surface area contributed by atoms with E-state index in [1.807, 2.05) is 0 Å². The van der Waals surface area contributed by atoms with Crippen LogP contribution < -0.4 is 5.32 Å². The number of hydrogen-bond acceptors (Lipinski definition) is 4. The van der Waals surface area contributed by atoms with Crippen molar-refractivity contribution >= 4 is 23.0 Å². The molecule has 0 saturated heterocycles. The van der Waals surface area contributed by atoms with Crippen molar-refractivity contribution < 1.29 is 22.7 Å². The second-order valence-corrected chi connectivity index (χ2v) is 8.70. The van der Waals surface area contributed by atoms with Crippen LogP contribution in [-0.2, 0) is 10.3 Å². The molecule has 1 aromatic carbocycles. The maximum Gasteiger partial charge on any atom is 0.413 e. The first-order valence-corrected chi connectivity index (χ1v) is 9.35. The molecule has 3 rings (SSSR count). The minimum absolute atomic E-state index is 0.144. The molecule has 2 atom stereocenters. The molecule has 1 heterocycles. The topological polar surface area (TPSA) is 50.7 Å². The van der Waals surface area contributed by atoms with Gasteiger partial charge in [0.1, 0.15) is 17.0 Å². The van der Waals surface area contributed by atoms with Gasteiger partial charge in [0.25, 0.3) is 5.92 Å². The number of alkyl halides is 2. The van der Waals surface area contributed by atoms with Crippen LogP contribution in [0.15, 0.2) is 29.3 Å². The van der Waals surface area contributed by atoms with Crippen LogP contribution in [-0.4, -0.2) is 28.5 Å². The third kappa shape index (κ3) is 3.84. The fourth-order valence-electron chi connectivity index (χ4n) is 3.50. The van der Waals surface area contributed by atoms with Crippen molar-refractivity contribution in [2.75, 3.05) is 5.75 Å². The van der Waals surface area contributed by atoms with E-state index in [0.29, 0.717) is 5.75 Å². The van der Waals surface area contributed by atoms with Crippen LogP contribution in [0, 0.1) is 11.7 Å². The van der Waals surface area contributed by atoms with E-state index >= 15 is 0 Å². The Morgan fingerprint density at radius 2 is 2.04 bits per heavy atom. The summed E-state index contributed by atoms with van der Waals surface area (Å²) in [4.78, 5) is 16.4. The van der Waals surface area contributed by atoms with Gasteiger partial charge in [-0.15, -0.1) is 0 Å². The molecule has 1 aliphatic carbocycles.